The summed E-state index contributed by atoms with van der Waals surface area (Å²) in [5.74, 6) is -0.267. The Balaban J connectivity index is 2.23. The molecule has 0 fully saturated rings. The monoisotopic (exact) mass is 261 g/mol. The number of benzene rings is 1. The van der Waals surface area contributed by atoms with Gasteiger partial charge < -0.3 is 14.6 Å². The van der Waals surface area contributed by atoms with Crippen LogP contribution in [0.15, 0.2) is 24.5 Å². The summed E-state index contributed by atoms with van der Waals surface area (Å²) in [6.45, 7) is 5.78. The van der Waals surface area contributed by atoms with Crippen molar-refractivity contribution in [2.24, 2.45) is 7.05 Å². The summed E-state index contributed by atoms with van der Waals surface area (Å²) < 4.78 is 7.00. The Hall–Kier alpha value is -2.04. The van der Waals surface area contributed by atoms with Crippen LogP contribution < -0.4 is 5.32 Å². The van der Waals surface area contributed by atoms with E-state index in [1.165, 1.54) is 0 Å². The summed E-state index contributed by atoms with van der Waals surface area (Å²) >= 11 is 0. The Bertz CT molecular complexity index is 602. The van der Waals surface area contributed by atoms with Crippen molar-refractivity contribution in [1.29, 1.82) is 0 Å². The number of esters is 1. The highest BCUT2D eigenvalue weighted by atomic mass is 16.5. The van der Waals surface area contributed by atoms with Crippen molar-refractivity contribution in [1.82, 2.24) is 9.55 Å². The first-order valence-corrected chi connectivity index (χ1v) is 6.30. The van der Waals surface area contributed by atoms with Gasteiger partial charge in [0.1, 0.15) is 5.54 Å². The van der Waals surface area contributed by atoms with Gasteiger partial charge in [0.15, 0.2) is 0 Å². The molecule has 19 heavy (non-hydrogen) atoms. The Morgan fingerprint density at radius 1 is 1.47 bits per heavy atom. The third-order valence-corrected chi connectivity index (χ3v) is 2.97. The zero-order valence-electron chi connectivity index (χ0n) is 11.7. The van der Waals surface area contributed by atoms with Crippen LogP contribution in [0.3, 0.4) is 0 Å². The van der Waals surface area contributed by atoms with Gasteiger partial charge in [0, 0.05) is 12.7 Å². The third kappa shape index (κ3) is 2.70. The van der Waals surface area contributed by atoms with Crippen molar-refractivity contribution in [3.63, 3.8) is 0 Å². The van der Waals surface area contributed by atoms with Gasteiger partial charge in [-0.05, 0) is 39.0 Å². The molecule has 5 heteroatoms. The number of hydrogen-bond donors (Lipinski definition) is 1. The Morgan fingerprint density at radius 2 is 2.21 bits per heavy atom. The molecule has 1 heterocycles. The number of nitrogens with one attached hydrogen (secondary N) is 1. The molecule has 0 aliphatic carbocycles. The second-order valence-corrected chi connectivity index (χ2v) is 5.03. The fourth-order valence-electron chi connectivity index (χ4n) is 1.94. The number of imidazole rings is 1. The molecule has 0 spiro atoms. The number of ether oxygens (including phenoxy) is 1. The van der Waals surface area contributed by atoms with Gasteiger partial charge in [-0.1, -0.05) is 0 Å². The fraction of sp³-hybridized carbons (Fsp3) is 0.429. The van der Waals surface area contributed by atoms with Gasteiger partial charge in [-0.25, -0.2) is 9.78 Å². The lowest BCUT2D eigenvalue weighted by Gasteiger charge is -2.25. The van der Waals surface area contributed by atoms with Gasteiger partial charge in [-0.2, -0.15) is 0 Å². The molecule has 1 aromatic carbocycles. The van der Waals surface area contributed by atoms with Gasteiger partial charge in [-0.15, -0.1) is 0 Å². The normalized spacial score (nSPS) is 11.6. The number of hydrogen-bond acceptors (Lipinski definition) is 4. The van der Waals surface area contributed by atoms with Crippen LogP contribution in [0.5, 0.6) is 0 Å². The number of fused-ring (bicyclic) bond motifs is 1. The minimum Gasteiger partial charge on any atom is -0.464 e. The maximum Gasteiger partial charge on any atom is 0.331 e. The van der Waals surface area contributed by atoms with Crippen LogP contribution in [-0.4, -0.2) is 27.7 Å². The van der Waals surface area contributed by atoms with Crippen LogP contribution in [0.2, 0.25) is 0 Å². The van der Waals surface area contributed by atoms with Crippen LogP contribution in [0.4, 0.5) is 5.69 Å². The Morgan fingerprint density at radius 3 is 2.89 bits per heavy atom. The maximum atomic E-state index is 11.8. The van der Waals surface area contributed by atoms with Crippen LogP contribution in [0.1, 0.15) is 20.8 Å². The van der Waals surface area contributed by atoms with Gasteiger partial charge in [0.25, 0.3) is 0 Å². The molecular formula is C14H19N3O2. The number of rotatable bonds is 4. The molecule has 5 nitrogen and oxygen atoms in total. The highest BCUT2D eigenvalue weighted by Crippen LogP contribution is 2.21. The molecule has 0 amide bonds. The van der Waals surface area contributed by atoms with E-state index in [0.717, 1.165) is 16.7 Å². The molecule has 0 bridgehead atoms. The van der Waals surface area contributed by atoms with Crippen molar-refractivity contribution in [2.45, 2.75) is 26.3 Å². The Labute approximate surface area is 112 Å². The molecule has 0 atom stereocenters. The van der Waals surface area contributed by atoms with Gasteiger partial charge >= 0.3 is 5.97 Å². The number of anilines is 1. The highest BCUT2D eigenvalue weighted by molar-refractivity contribution is 5.85. The molecule has 2 aromatic rings. The van der Waals surface area contributed by atoms with Gasteiger partial charge in [0.2, 0.25) is 0 Å². The molecule has 0 aliphatic heterocycles. The maximum absolute atomic E-state index is 11.8. The average molecular weight is 261 g/mol. The van der Waals surface area contributed by atoms with Crippen LogP contribution in [0, 0.1) is 0 Å². The molecular weight excluding hydrogens is 242 g/mol. The zero-order chi connectivity index (χ0) is 14.0. The molecule has 0 saturated heterocycles. The topological polar surface area (TPSA) is 56.1 Å². The van der Waals surface area contributed by atoms with Crippen LogP contribution in [-0.2, 0) is 16.6 Å². The summed E-state index contributed by atoms with van der Waals surface area (Å²) in [5.41, 5.74) is 2.04. The molecule has 2 rings (SSSR count). The number of aryl methyl sites for hydroxylation is 1. The summed E-state index contributed by atoms with van der Waals surface area (Å²) in [6.07, 6.45) is 1.77. The molecule has 1 N–H and O–H groups in total. The molecule has 0 saturated carbocycles. The Kier molecular flexibility index (Phi) is 3.46. The lowest BCUT2D eigenvalue weighted by molar-refractivity contribution is -0.147. The van der Waals surface area contributed by atoms with E-state index in [0.29, 0.717) is 6.61 Å². The fourth-order valence-corrected chi connectivity index (χ4v) is 1.94. The number of nitrogens with zero attached hydrogens (tertiary/aromatic N) is 2. The zero-order valence-corrected chi connectivity index (χ0v) is 11.7. The lowest BCUT2D eigenvalue weighted by Crippen LogP contribution is -2.41. The summed E-state index contributed by atoms with van der Waals surface area (Å²) in [4.78, 5) is 16.1. The standard InChI is InChI=1S/C14H19N3O2/c1-5-19-13(18)14(2,3)16-10-6-7-12-11(8-10)15-9-17(12)4/h6-9,16H,5H2,1-4H3. The second-order valence-electron chi connectivity index (χ2n) is 5.03. The van der Waals surface area contributed by atoms with E-state index in [1.54, 1.807) is 27.1 Å². The average Bonchev–Trinajstić information content (AvgIpc) is 2.70. The van der Waals surface area contributed by atoms with Crippen LogP contribution >= 0.6 is 0 Å². The van der Waals surface area contributed by atoms with E-state index in [1.807, 2.05) is 29.8 Å². The quantitative estimate of drug-likeness (QED) is 0.858. The van der Waals surface area contributed by atoms with E-state index in [9.17, 15) is 4.79 Å². The van der Waals surface area contributed by atoms with Crippen molar-refractivity contribution in [3.8, 4) is 0 Å². The van der Waals surface area contributed by atoms with Gasteiger partial charge in [-0.3, -0.25) is 0 Å². The first-order valence-electron chi connectivity index (χ1n) is 6.30. The van der Waals surface area contributed by atoms with Crippen molar-refractivity contribution in [2.75, 3.05) is 11.9 Å². The molecule has 0 radical (unpaired) electrons. The van der Waals surface area contributed by atoms with E-state index < -0.39 is 5.54 Å². The number of aromatic nitrogens is 2. The van der Waals surface area contributed by atoms with E-state index in [4.69, 9.17) is 4.74 Å². The van der Waals surface area contributed by atoms with Crippen LogP contribution in [0.25, 0.3) is 11.0 Å². The molecule has 102 valence electrons. The largest absolute Gasteiger partial charge is 0.464 e. The number of carbonyl (C=O) groups is 1. The van der Waals surface area contributed by atoms with Crippen molar-refractivity contribution in [3.05, 3.63) is 24.5 Å². The predicted octanol–water partition coefficient (Wildman–Crippen LogP) is 2.33. The summed E-state index contributed by atoms with van der Waals surface area (Å²) in [6, 6.07) is 5.84. The van der Waals surface area contributed by atoms with Gasteiger partial charge in [0.05, 0.1) is 24.0 Å². The first-order chi connectivity index (χ1) is 8.94. The minimum absolute atomic E-state index is 0.267. The minimum atomic E-state index is -0.765. The van der Waals surface area contributed by atoms with E-state index in [-0.39, 0.29) is 5.97 Å². The lowest BCUT2D eigenvalue weighted by atomic mass is 10.1. The highest BCUT2D eigenvalue weighted by Gasteiger charge is 2.28. The molecule has 1 aromatic heterocycles. The first kappa shape index (κ1) is 13.4. The predicted molar refractivity (Wildman–Crippen MR) is 75.0 cm³/mol. The van der Waals surface area contributed by atoms with E-state index in [2.05, 4.69) is 10.3 Å². The molecule has 0 aliphatic rings. The van der Waals surface area contributed by atoms with E-state index >= 15 is 0 Å². The smallest absolute Gasteiger partial charge is 0.331 e. The molecule has 0 unspecified atom stereocenters. The van der Waals surface area contributed by atoms with Crippen molar-refractivity contribution >= 4 is 22.7 Å². The number of carbonyl (C=O) groups excluding carboxylic acids is 1. The second kappa shape index (κ2) is 4.91. The third-order valence-electron chi connectivity index (χ3n) is 2.97. The summed E-state index contributed by atoms with van der Waals surface area (Å²) in [7, 11) is 1.95. The SMILES string of the molecule is CCOC(=O)C(C)(C)Nc1ccc2c(c1)ncn2C. The van der Waals surface area contributed by atoms with Crippen molar-refractivity contribution < 1.29 is 9.53 Å². The summed E-state index contributed by atoms with van der Waals surface area (Å²) in [5, 5.41) is 3.18.